The lowest BCUT2D eigenvalue weighted by atomic mass is 9.98. The third-order valence-electron chi connectivity index (χ3n) is 4.36. The highest BCUT2D eigenvalue weighted by Crippen LogP contribution is 2.19. The Morgan fingerprint density at radius 2 is 1.95 bits per heavy atom. The normalized spacial score (nSPS) is 22.1. The summed E-state index contributed by atoms with van der Waals surface area (Å²) >= 11 is 0. The Morgan fingerprint density at radius 1 is 1.35 bits per heavy atom. The molecule has 0 bridgehead atoms. The highest BCUT2D eigenvalue weighted by atomic mass is 16.4. The fraction of sp³-hybridized carbons (Fsp3) is 0.857. The summed E-state index contributed by atoms with van der Waals surface area (Å²) in [5.41, 5.74) is -0.0926. The van der Waals surface area contributed by atoms with Crippen LogP contribution in [0.3, 0.4) is 0 Å². The summed E-state index contributed by atoms with van der Waals surface area (Å²) in [7, 11) is 2.04. The summed E-state index contributed by atoms with van der Waals surface area (Å²) in [4.78, 5) is 27.4. The van der Waals surface area contributed by atoms with Gasteiger partial charge in [0.05, 0.1) is 0 Å². The maximum atomic E-state index is 12.3. The molecule has 0 saturated carbocycles. The molecule has 0 aliphatic carbocycles. The van der Waals surface area contributed by atoms with Crippen molar-refractivity contribution < 1.29 is 14.7 Å². The van der Waals surface area contributed by atoms with E-state index in [0.29, 0.717) is 19.5 Å². The highest BCUT2D eigenvalue weighted by Gasteiger charge is 2.35. The smallest absolute Gasteiger partial charge is 0.326 e. The Hall–Kier alpha value is -1.30. The van der Waals surface area contributed by atoms with Gasteiger partial charge >= 0.3 is 12.0 Å². The zero-order chi connectivity index (χ0) is 15.5. The molecular formula is C14H27N3O3. The number of nitrogens with one attached hydrogen (secondary N) is 1. The van der Waals surface area contributed by atoms with Crippen molar-refractivity contribution in [1.29, 1.82) is 0 Å². The monoisotopic (exact) mass is 285 g/mol. The molecule has 1 heterocycles. The van der Waals surface area contributed by atoms with Crippen LogP contribution >= 0.6 is 0 Å². The van der Waals surface area contributed by atoms with Gasteiger partial charge in [-0.2, -0.15) is 0 Å². The van der Waals surface area contributed by atoms with Crippen molar-refractivity contribution >= 4 is 12.0 Å². The van der Waals surface area contributed by atoms with Crippen LogP contribution in [-0.4, -0.2) is 65.2 Å². The largest absolute Gasteiger partial charge is 0.480 e. The number of carbonyl (C=O) groups excluding carboxylic acids is 1. The molecule has 0 spiro atoms. The molecule has 1 unspecified atom stereocenters. The number of urea groups is 1. The number of nitrogens with zero attached hydrogens (tertiary/aromatic N) is 2. The van der Waals surface area contributed by atoms with Crippen molar-refractivity contribution in [2.24, 2.45) is 5.92 Å². The summed E-state index contributed by atoms with van der Waals surface area (Å²) < 4.78 is 0. The summed E-state index contributed by atoms with van der Waals surface area (Å²) in [6, 6.07) is -1.10. The second kappa shape index (κ2) is 6.43. The molecule has 0 aromatic carbocycles. The fourth-order valence-corrected chi connectivity index (χ4v) is 2.32. The molecule has 116 valence electrons. The molecule has 0 aromatic rings. The molecular weight excluding hydrogens is 258 g/mol. The van der Waals surface area contributed by atoms with E-state index in [9.17, 15) is 14.7 Å². The Morgan fingerprint density at radius 3 is 2.40 bits per heavy atom. The number of likely N-dealkylation sites (N-methyl/N-ethyl adjacent to an activating group) is 1. The Bertz CT molecular complexity index is 371. The Kier molecular flexibility index (Phi) is 5.39. The van der Waals surface area contributed by atoms with Crippen molar-refractivity contribution in [1.82, 2.24) is 15.1 Å². The zero-order valence-electron chi connectivity index (χ0n) is 13.1. The van der Waals surface area contributed by atoms with Gasteiger partial charge in [0, 0.05) is 25.2 Å². The lowest BCUT2D eigenvalue weighted by Gasteiger charge is -2.45. The number of carboxylic acids is 1. The number of rotatable bonds is 4. The van der Waals surface area contributed by atoms with Crippen LogP contribution in [-0.2, 0) is 4.79 Å². The molecule has 20 heavy (non-hydrogen) atoms. The van der Waals surface area contributed by atoms with E-state index in [1.807, 2.05) is 20.9 Å². The standard InChI is InChI=1S/C14H27N3O3/c1-6-10(2)11(12(18)19)15-13(20)17-8-7-16(5)14(3,4)9-17/h10-11H,6-9H2,1-5H3,(H,15,20)(H,18,19)/t10?,11-/m0/s1. The van der Waals surface area contributed by atoms with Crippen LogP contribution in [0.4, 0.5) is 4.79 Å². The van der Waals surface area contributed by atoms with Crippen LogP contribution in [0.5, 0.6) is 0 Å². The topological polar surface area (TPSA) is 72.9 Å². The number of carboxylic acid groups (broad SMARTS) is 1. The molecule has 1 aliphatic rings. The molecule has 0 aromatic heterocycles. The van der Waals surface area contributed by atoms with E-state index >= 15 is 0 Å². The molecule has 2 N–H and O–H groups in total. The summed E-state index contributed by atoms with van der Waals surface area (Å²) in [5.74, 6) is -1.06. The van der Waals surface area contributed by atoms with Crippen molar-refractivity contribution in [3.8, 4) is 0 Å². The van der Waals surface area contributed by atoms with Gasteiger partial charge in [-0.05, 0) is 26.8 Å². The highest BCUT2D eigenvalue weighted by molar-refractivity contribution is 5.82. The average Bonchev–Trinajstić information content (AvgIpc) is 2.37. The first-order valence-electron chi connectivity index (χ1n) is 7.18. The van der Waals surface area contributed by atoms with Gasteiger partial charge in [0.15, 0.2) is 0 Å². The number of hydrogen-bond acceptors (Lipinski definition) is 3. The van der Waals surface area contributed by atoms with Crippen molar-refractivity contribution in [2.45, 2.75) is 45.7 Å². The molecule has 1 aliphatic heterocycles. The van der Waals surface area contributed by atoms with E-state index in [1.54, 1.807) is 4.90 Å². The zero-order valence-corrected chi connectivity index (χ0v) is 13.1. The van der Waals surface area contributed by atoms with E-state index in [0.717, 1.165) is 6.54 Å². The predicted molar refractivity (Wildman–Crippen MR) is 77.7 cm³/mol. The third-order valence-corrected chi connectivity index (χ3v) is 4.36. The van der Waals surface area contributed by atoms with Crippen LogP contribution in [0.1, 0.15) is 34.1 Å². The van der Waals surface area contributed by atoms with Gasteiger partial charge in [-0.25, -0.2) is 9.59 Å². The van der Waals surface area contributed by atoms with E-state index < -0.39 is 12.0 Å². The summed E-state index contributed by atoms with van der Waals surface area (Å²) in [6.45, 7) is 9.94. The van der Waals surface area contributed by atoms with Crippen LogP contribution in [0.25, 0.3) is 0 Å². The van der Waals surface area contributed by atoms with Crippen LogP contribution < -0.4 is 5.32 Å². The first kappa shape index (κ1) is 16.8. The average molecular weight is 285 g/mol. The molecule has 1 saturated heterocycles. The fourth-order valence-electron chi connectivity index (χ4n) is 2.32. The Labute approximate surface area is 121 Å². The minimum absolute atomic E-state index is 0.0862. The molecule has 2 amide bonds. The number of piperazine rings is 1. The molecule has 2 atom stereocenters. The van der Waals surface area contributed by atoms with Crippen molar-refractivity contribution in [3.63, 3.8) is 0 Å². The van der Waals surface area contributed by atoms with Gasteiger partial charge in [-0.3, -0.25) is 4.90 Å². The maximum Gasteiger partial charge on any atom is 0.326 e. The first-order valence-corrected chi connectivity index (χ1v) is 7.18. The van der Waals surface area contributed by atoms with Crippen molar-refractivity contribution in [2.75, 3.05) is 26.7 Å². The molecule has 1 fully saturated rings. The van der Waals surface area contributed by atoms with E-state index in [2.05, 4.69) is 24.1 Å². The molecule has 6 nitrogen and oxygen atoms in total. The molecule has 6 heteroatoms. The molecule has 0 radical (unpaired) electrons. The number of hydrogen-bond donors (Lipinski definition) is 2. The number of carbonyl (C=O) groups is 2. The second-order valence-electron chi connectivity index (χ2n) is 6.31. The van der Waals surface area contributed by atoms with Gasteiger partial charge in [0.25, 0.3) is 0 Å². The van der Waals surface area contributed by atoms with Gasteiger partial charge < -0.3 is 15.3 Å². The first-order chi connectivity index (χ1) is 9.19. The second-order valence-corrected chi connectivity index (χ2v) is 6.31. The van der Waals surface area contributed by atoms with Crippen LogP contribution in [0.2, 0.25) is 0 Å². The van der Waals surface area contributed by atoms with Crippen molar-refractivity contribution in [3.05, 3.63) is 0 Å². The van der Waals surface area contributed by atoms with Gasteiger partial charge in [-0.1, -0.05) is 20.3 Å². The molecule has 1 rings (SSSR count). The van der Waals surface area contributed by atoms with Gasteiger partial charge in [0.1, 0.15) is 6.04 Å². The quantitative estimate of drug-likeness (QED) is 0.814. The van der Waals surface area contributed by atoms with E-state index in [-0.39, 0.29) is 17.5 Å². The Balaban J connectivity index is 2.68. The number of aliphatic carboxylic acids is 1. The summed E-state index contributed by atoms with van der Waals surface area (Å²) in [5, 5.41) is 11.9. The lowest BCUT2D eigenvalue weighted by molar-refractivity contribution is -0.140. The van der Waals surface area contributed by atoms with E-state index in [1.165, 1.54) is 0 Å². The SMILES string of the molecule is CCC(C)[C@H](NC(=O)N1CCN(C)C(C)(C)C1)C(=O)O. The van der Waals surface area contributed by atoms with E-state index in [4.69, 9.17) is 0 Å². The van der Waals surface area contributed by atoms with Gasteiger partial charge in [0.2, 0.25) is 0 Å². The van der Waals surface area contributed by atoms with Gasteiger partial charge in [-0.15, -0.1) is 0 Å². The lowest BCUT2D eigenvalue weighted by Crippen LogP contribution is -2.62. The maximum absolute atomic E-state index is 12.3. The minimum atomic E-state index is -0.971. The minimum Gasteiger partial charge on any atom is -0.480 e. The number of amides is 2. The summed E-state index contributed by atoms with van der Waals surface area (Å²) in [6.07, 6.45) is 0.714. The van der Waals surface area contributed by atoms with Crippen LogP contribution in [0, 0.1) is 5.92 Å². The van der Waals surface area contributed by atoms with Crippen LogP contribution in [0.15, 0.2) is 0 Å². The predicted octanol–water partition coefficient (Wildman–Crippen LogP) is 1.22. The third kappa shape index (κ3) is 3.85.